The lowest BCUT2D eigenvalue weighted by Crippen LogP contribution is -2.03. The normalized spacial score (nSPS) is 11.2. The summed E-state index contributed by atoms with van der Waals surface area (Å²) in [5, 5.41) is 1.00. The standard InChI is InChI=1S/C16H15Cl2N3O2/c1-9-6-10(17)7-12(23-8-22-3)14(9)16-20-15-11(21(16)2)4-5-13(18)19-15/h4-7H,8H2,1-3H3. The number of fused-ring (bicyclic) bond motifs is 1. The highest BCUT2D eigenvalue weighted by Gasteiger charge is 2.18. The van der Waals surface area contributed by atoms with Gasteiger partial charge in [-0.25, -0.2) is 9.97 Å². The molecule has 0 N–H and O–H groups in total. The van der Waals surface area contributed by atoms with Gasteiger partial charge < -0.3 is 14.0 Å². The molecular formula is C16H15Cl2N3O2. The largest absolute Gasteiger partial charge is 0.467 e. The van der Waals surface area contributed by atoms with Crippen molar-refractivity contribution >= 4 is 34.4 Å². The average molecular weight is 352 g/mol. The number of hydrogen-bond acceptors (Lipinski definition) is 4. The summed E-state index contributed by atoms with van der Waals surface area (Å²) in [6.45, 7) is 2.08. The maximum absolute atomic E-state index is 6.15. The molecule has 23 heavy (non-hydrogen) atoms. The number of aromatic nitrogens is 3. The molecule has 1 aromatic carbocycles. The van der Waals surface area contributed by atoms with Crippen LogP contribution in [-0.4, -0.2) is 28.4 Å². The van der Waals surface area contributed by atoms with E-state index in [9.17, 15) is 0 Å². The van der Waals surface area contributed by atoms with Crippen LogP contribution in [-0.2, 0) is 11.8 Å². The molecule has 0 bridgehead atoms. The first-order valence-electron chi connectivity index (χ1n) is 6.92. The summed E-state index contributed by atoms with van der Waals surface area (Å²) in [7, 11) is 3.49. The summed E-state index contributed by atoms with van der Waals surface area (Å²) in [5.41, 5.74) is 3.27. The van der Waals surface area contributed by atoms with E-state index in [0.29, 0.717) is 21.6 Å². The van der Waals surface area contributed by atoms with E-state index in [0.717, 1.165) is 22.5 Å². The molecule has 3 aromatic rings. The van der Waals surface area contributed by atoms with Gasteiger partial charge in [0, 0.05) is 19.2 Å². The molecule has 0 saturated heterocycles. The Labute approximate surface area is 143 Å². The molecule has 0 unspecified atom stereocenters. The molecule has 0 aliphatic heterocycles. The fourth-order valence-corrected chi connectivity index (χ4v) is 2.92. The third kappa shape index (κ3) is 3.00. The summed E-state index contributed by atoms with van der Waals surface area (Å²) in [6.07, 6.45) is 0. The zero-order valence-electron chi connectivity index (χ0n) is 12.9. The minimum atomic E-state index is 0.126. The maximum Gasteiger partial charge on any atom is 0.188 e. The van der Waals surface area contributed by atoms with Gasteiger partial charge in [-0.3, -0.25) is 0 Å². The lowest BCUT2D eigenvalue weighted by molar-refractivity contribution is 0.0515. The van der Waals surface area contributed by atoms with E-state index in [4.69, 9.17) is 32.7 Å². The van der Waals surface area contributed by atoms with Gasteiger partial charge in [-0.05, 0) is 36.8 Å². The van der Waals surface area contributed by atoms with Gasteiger partial charge in [0.05, 0.1) is 11.1 Å². The number of halogens is 2. The number of benzene rings is 1. The molecule has 2 aromatic heterocycles. The smallest absolute Gasteiger partial charge is 0.188 e. The Kier molecular flexibility index (Phi) is 4.43. The summed E-state index contributed by atoms with van der Waals surface area (Å²) >= 11 is 12.1. The van der Waals surface area contributed by atoms with E-state index in [1.54, 1.807) is 19.2 Å². The van der Waals surface area contributed by atoms with Crippen LogP contribution in [0.3, 0.4) is 0 Å². The van der Waals surface area contributed by atoms with Gasteiger partial charge in [-0.15, -0.1) is 0 Å². The van der Waals surface area contributed by atoms with Crippen molar-refractivity contribution in [2.45, 2.75) is 6.92 Å². The second kappa shape index (κ2) is 6.35. The molecule has 0 radical (unpaired) electrons. The zero-order chi connectivity index (χ0) is 16.6. The van der Waals surface area contributed by atoms with Crippen LogP contribution in [0.25, 0.3) is 22.6 Å². The maximum atomic E-state index is 6.15. The van der Waals surface area contributed by atoms with Crippen molar-refractivity contribution in [3.63, 3.8) is 0 Å². The predicted molar refractivity (Wildman–Crippen MR) is 91.2 cm³/mol. The van der Waals surface area contributed by atoms with Gasteiger partial charge in [-0.1, -0.05) is 23.2 Å². The molecule has 0 amide bonds. The van der Waals surface area contributed by atoms with Crippen molar-refractivity contribution in [3.05, 3.63) is 40.0 Å². The van der Waals surface area contributed by atoms with E-state index in [2.05, 4.69) is 9.97 Å². The Morgan fingerprint density at radius 3 is 2.70 bits per heavy atom. The quantitative estimate of drug-likeness (QED) is 0.521. The molecule has 2 heterocycles. The lowest BCUT2D eigenvalue weighted by atomic mass is 10.1. The molecule has 7 heteroatoms. The molecule has 5 nitrogen and oxygen atoms in total. The first-order valence-corrected chi connectivity index (χ1v) is 7.68. The first kappa shape index (κ1) is 16.1. The highest BCUT2D eigenvalue weighted by atomic mass is 35.5. The number of imidazole rings is 1. The number of ether oxygens (including phenoxy) is 2. The van der Waals surface area contributed by atoms with Gasteiger partial charge in [-0.2, -0.15) is 0 Å². The van der Waals surface area contributed by atoms with Gasteiger partial charge >= 0.3 is 0 Å². The van der Waals surface area contributed by atoms with E-state index >= 15 is 0 Å². The predicted octanol–water partition coefficient (Wildman–Crippen LogP) is 4.23. The molecule has 0 saturated carbocycles. The summed E-state index contributed by atoms with van der Waals surface area (Å²) in [4.78, 5) is 8.87. The number of aryl methyl sites for hydroxylation is 2. The SMILES string of the molecule is COCOc1cc(Cl)cc(C)c1-c1nc2nc(Cl)ccc2n1C. The van der Waals surface area contributed by atoms with Crippen molar-refractivity contribution in [2.75, 3.05) is 13.9 Å². The van der Waals surface area contributed by atoms with Crippen LogP contribution in [0.1, 0.15) is 5.56 Å². The second-order valence-electron chi connectivity index (χ2n) is 5.12. The Morgan fingerprint density at radius 2 is 1.96 bits per heavy atom. The third-order valence-electron chi connectivity index (χ3n) is 3.53. The number of pyridine rings is 1. The second-order valence-corrected chi connectivity index (χ2v) is 5.94. The lowest BCUT2D eigenvalue weighted by Gasteiger charge is -2.14. The van der Waals surface area contributed by atoms with E-state index in [1.165, 1.54) is 0 Å². The highest BCUT2D eigenvalue weighted by Crippen LogP contribution is 2.36. The molecule has 0 aliphatic carbocycles. The van der Waals surface area contributed by atoms with Crippen molar-refractivity contribution in [1.82, 2.24) is 14.5 Å². The molecule has 120 valence electrons. The molecular weight excluding hydrogens is 337 g/mol. The number of nitrogens with zero attached hydrogens (tertiary/aromatic N) is 3. The van der Waals surface area contributed by atoms with Crippen LogP contribution in [0.4, 0.5) is 0 Å². The van der Waals surface area contributed by atoms with E-state index in [-0.39, 0.29) is 6.79 Å². The molecule has 0 spiro atoms. The summed E-state index contributed by atoms with van der Waals surface area (Å²) in [5.74, 6) is 1.34. The molecule has 0 atom stereocenters. The van der Waals surface area contributed by atoms with Gasteiger partial charge in [0.2, 0.25) is 0 Å². The van der Waals surface area contributed by atoms with Gasteiger partial charge in [0.25, 0.3) is 0 Å². The first-order chi connectivity index (χ1) is 11.0. The Morgan fingerprint density at radius 1 is 1.17 bits per heavy atom. The number of rotatable bonds is 4. The molecule has 0 fully saturated rings. The summed E-state index contributed by atoms with van der Waals surface area (Å²) in [6, 6.07) is 7.26. The highest BCUT2D eigenvalue weighted by molar-refractivity contribution is 6.31. The number of hydrogen-bond donors (Lipinski definition) is 0. The number of methoxy groups -OCH3 is 1. The van der Waals surface area contributed by atoms with Crippen LogP contribution < -0.4 is 4.74 Å². The van der Waals surface area contributed by atoms with Crippen molar-refractivity contribution in [2.24, 2.45) is 7.05 Å². The van der Waals surface area contributed by atoms with Crippen molar-refractivity contribution in [1.29, 1.82) is 0 Å². The average Bonchev–Trinajstić information content (AvgIpc) is 2.80. The van der Waals surface area contributed by atoms with Crippen molar-refractivity contribution in [3.8, 4) is 17.1 Å². The fraction of sp³-hybridized carbons (Fsp3) is 0.250. The minimum Gasteiger partial charge on any atom is -0.467 e. The Bertz CT molecular complexity index is 877. The van der Waals surface area contributed by atoms with Gasteiger partial charge in [0.1, 0.15) is 16.7 Å². The Hall–Kier alpha value is -1.82. The summed E-state index contributed by atoms with van der Waals surface area (Å²) < 4.78 is 12.6. The van der Waals surface area contributed by atoms with E-state index < -0.39 is 0 Å². The third-order valence-corrected chi connectivity index (χ3v) is 3.96. The van der Waals surface area contributed by atoms with Crippen LogP contribution >= 0.6 is 23.2 Å². The topological polar surface area (TPSA) is 49.2 Å². The monoisotopic (exact) mass is 351 g/mol. The fourth-order valence-electron chi connectivity index (χ4n) is 2.51. The molecule has 3 rings (SSSR count). The zero-order valence-corrected chi connectivity index (χ0v) is 14.4. The van der Waals surface area contributed by atoms with Crippen LogP contribution in [0.2, 0.25) is 10.2 Å². The van der Waals surface area contributed by atoms with Gasteiger partial charge in [0.15, 0.2) is 12.4 Å². The minimum absolute atomic E-state index is 0.126. The van der Waals surface area contributed by atoms with Crippen LogP contribution in [0, 0.1) is 6.92 Å². The van der Waals surface area contributed by atoms with Crippen LogP contribution in [0.15, 0.2) is 24.3 Å². The molecule has 0 aliphatic rings. The Balaban J connectivity index is 2.23. The van der Waals surface area contributed by atoms with Crippen LogP contribution in [0.5, 0.6) is 5.75 Å². The van der Waals surface area contributed by atoms with Crippen molar-refractivity contribution < 1.29 is 9.47 Å². The van der Waals surface area contributed by atoms with E-state index in [1.807, 2.05) is 30.7 Å².